The van der Waals surface area contributed by atoms with Crippen LogP contribution in [0.1, 0.15) is 207 Å². The van der Waals surface area contributed by atoms with E-state index in [4.69, 9.17) is 40.9 Å². The van der Waals surface area contributed by atoms with Gasteiger partial charge in [0, 0.05) is 25.7 Å². The van der Waals surface area contributed by atoms with Gasteiger partial charge in [-0.2, -0.15) is 0 Å². The Hall–Kier alpha value is -2.28. The molecule has 0 rings (SSSR count). The Balaban J connectivity index is -0.000000182. The Labute approximate surface area is 322 Å². The Bertz CT molecular complexity index is 688. The number of hydrogen-bond acceptors (Lipinski definition) is 8. The van der Waals surface area contributed by atoms with Crippen molar-refractivity contribution in [2.45, 2.75) is 207 Å². The SMILES string of the molecule is CCCCCCCC(=O)O.CCCCCCCC(=O)O.CCCCCCCCCC(=O)O.CCCCCCCCCC(=O)O.OCC(CO)(CO)CO. The fraction of sp³-hybridized carbons (Fsp3) is 0.902. The van der Waals surface area contributed by atoms with Crippen molar-refractivity contribution < 1.29 is 60.0 Å². The van der Waals surface area contributed by atoms with E-state index in [2.05, 4.69) is 27.7 Å². The monoisotopic (exact) mass is 769 g/mol. The molecule has 0 atom stereocenters. The molecule has 0 unspecified atom stereocenters. The molecule has 0 bridgehead atoms. The molecule has 12 nitrogen and oxygen atoms in total. The van der Waals surface area contributed by atoms with Gasteiger partial charge in [0.05, 0.1) is 31.8 Å². The molecule has 12 heteroatoms. The molecule has 0 aromatic rings. The molecule has 0 radical (unpaired) electrons. The molecule has 0 aliphatic heterocycles. The number of carbonyl (C=O) groups is 4. The predicted molar refractivity (Wildman–Crippen MR) is 213 cm³/mol. The van der Waals surface area contributed by atoms with Crippen molar-refractivity contribution in [3.8, 4) is 0 Å². The summed E-state index contributed by atoms with van der Waals surface area (Å²) < 4.78 is 0. The second-order valence-corrected chi connectivity index (χ2v) is 13.8. The van der Waals surface area contributed by atoms with Gasteiger partial charge in [0.25, 0.3) is 0 Å². The molecule has 8 N–H and O–H groups in total. The van der Waals surface area contributed by atoms with Gasteiger partial charge >= 0.3 is 23.9 Å². The minimum atomic E-state index is -1.11. The first-order chi connectivity index (χ1) is 25.3. The van der Waals surface area contributed by atoms with Crippen LogP contribution in [0.25, 0.3) is 0 Å². The molecule has 0 aromatic carbocycles. The first kappa shape index (κ1) is 60.0. The van der Waals surface area contributed by atoms with E-state index in [0.717, 1.165) is 51.4 Å². The van der Waals surface area contributed by atoms with Crippen molar-refractivity contribution >= 4 is 23.9 Å². The zero-order valence-electron chi connectivity index (χ0n) is 34.3. The summed E-state index contributed by atoms with van der Waals surface area (Å²) in [6.07, 6.45) is 29.1. The lowest BCUT2D eigenvalue weighted by Gasteiger charge is -2.23. The van der Waals surface area contributed by atoms with Gasteiger partial charge in [0.1, 0.15) is 0 Å². The van der Waals surface area contributed by atoms with Crippen LogP contribution in [0.3, 0.4) is 0 Å². The molecule has 320 valence electrons. The number of unbranched alkanes of at least 4 members (excludes halogenated alkanes) is 20. The maximum Gasteiger partial charge on any atom is 0.303 e. The van der Waals surface area contributed by atoms with Crippen LogP contribution >= 0.6 is 0 Å². The van der Waals surface area contributed by atoms with Crippen LogP contribution in [-0.4, -0.2) is 91.2 Å². The Morgan fingerprint density at radius 3 is 0.566 bits per heavy atom. The van der Waals surface area contributed by atoms with Crippen LogP contribution < -0.4 is 0 Å². The van der Waals surface area contributed by atoms with Gasteiger partial charge in [-0.1, -0.05) is 156 Å². The molecule has 0 saturated carbocycles. The third-order valence-electron chi connectivity index (χ3n) is 8.32. The summed E-state index contributed by atoms with van der Waals surface area (Å²) in [6, 6.07) is 0. The molecule has 0 spiro atoms. The van der Waals surface area contributed by atoms with Gasteiger partial charge in [-0.25, -0.2) is 0 Å². The van der Waals surface area contributed by atoms with E-state index in [-0.39, 0.29) is 0 Å². The number of hydrogen-bond donors (Lipinski definition) is 8. The second kappa shape index (κ2) is 51.8. The molecular weight excluding hydrogens is 684 g/mol. The van der Waals surface area contributed by atoms with Crippen LogP contribution in [0.15, 0.2) is 0 Å². The molecule has 0 heterocycles. The molecule has 53 heavy (non-hydrogen) atoms. The van der Waals surface area contributed by atoms with Crippen molar-refractivity contribution in [3.05, 3.63) is 0 Å². The first-order valence-electron chi connectivity index (χ1n) is 20.6. The maximum atomic E-state index is 10.1. The molecule has 0 aliphatic rings. The van der Waals surface area contributed by atoms with E-state index in [9.17, 15) is 19.2 Å². The molecular formula is C41H84O12. The smallest absolute Gasteiger partial charge is 0.303 e. The maximum absolute atomic E-state index is 10.1. The Morgan fingerprint density at radius 1 is 0.302 bits per heavy atom. The van der Waals surface area contributed by atoms with E-state index in [1.165, 1.54) is 103 Å². The van der Waals surface area contributed by atoms with Crippen LogP contribution in [-0.2, 0) is 19.2 Å². The fourth-order valence-electron chi connectivity index (χ4n) is 4.53. The van der Waals surface area contributed by atoms with Gasteiger partial charge in [0.15, 0.2) is 0 Å². The summed E-state index contributed by atoms with van der Waals surface area (Å²) in [4.78, 5) is 40.3. The van der Waals surface area contributed by atoms with Crippen molar-refractivity contribution in [3.63, 3.8) is 0 Å². The number of carboxylic acid groups (broad SMARTS) is 4. The third-order valence-corrected chi connectivity index (χ3v) is 8.32. The lowest BCUT2D eigenvalue weighted by Crippen LogP contribution is -2.37. The van der Waals surface area contributed by atoms with E-state index in [1.807, 2.05) is 0 Å². The number of aliphatic carboxylic acids is 4. The highest BCUT2D eigenvalue weighted by atomic mass is 16.4. The molecule has 0 amide bonds. The fourth-order valence-corrected chi connectivity index (χ4v) is 4.53. The summed E-state index contributed by atoms with van der Waals surface area (Å²) in [6.45, 7) is 7.07. The van der Waals surface area contributed by atoms with Crippen LogP contribution in [0.5, 0.6) is 0 Å². The highest BCUT2D eigenvalue weighted by molar-refractivity contribution is 5.67. The molecule has 0 fully saturated rings. The van der Waals surface area contributed by atoms with Crippen molar-refractivity contribution in [2.24, 2.45) is 5.41 Å². The van der Waals surface area contributed by atoms with Gasteiger partial charge in [0.2, 0.25) is 0 Å². The van der Waals surface area contributed by atoms with Gasteiger partial charge < -0.3 is 40.9 Å². The zero-order chi connectivity index (χ0) is 41.4. The topological polar surface area (TPSA) is 230 Å². The van der Waals surface area contributed by atoms with Crippen molar-refractivity contribution in [1.82, 2.24) is 0 Å². The molecule has 0 aliphatic carbocycles. The van der Waals surface area contributed by atoms with E-state index in [1.54, 1.807) is 0 Å². The van der Waals surface area contributed by atoms with Crippen LogP contribution in [0, 0.1) is 5.41 Å². The predicted octanol–water partition coefficient (Wildman–Crippen LogP) is 9.23. The highest BCUT2D eigenvalue weighted by Crippen LogP contribution is 2.12. The summed E-state index contributed by atoms with van der Waals surface area (Å²) in [5.41, 5.74) is -1.11. The van der Waals surface area contributed by atoms with E-state index < -0.39 is 55.7 Å². The highest BCUT2D eigenvalue weighted by Gasteiger charge is 2.26. The summed E-state index contributed by atoms with van der Waals surface area (Å²) in [5, 5.41) is 67.2. The minimum Gasteiger partial charge on any atom is -0.481 e. The Morgan fingerprint density at radius 2 is 0.453 bits per heavy atom. The molecule has 0 saturated heterocycles. The van der Waals surface area contributed by atoms with Gasteiger partial charge in [-0.15, -0.1) is 0 Å². The average Bonchev–Trinajstić information content (AvgIpc) is 3.12. The lowest BCUT2D eigenvalue weighted by atomic mass is 9.93. The van der Waals surface area contributed by atoms with Crippen LogP contribution in [0.2, 0.25) is 0 Å². The molecule has 0 aromatic heterocycles. The second-order valence-electron chi connectivity index (χ2n) is 13.8. The van der Waals surface area contributed by atoms with E-state index in [0.29, 0.717) is 25.7 Å². The largest absolute Gasteiger partial charge is 0.481 e. The minimum absolute atomic E-state index is 0.337. The summed E-state index contributed by atoms with van der Waals surface area (Å²) >= 11 is 0. The number of carboxylic acids is 4. The number of aliphatic hydroxyl groups excluding tert-OH is 4. The summed E-state index contributed by atoms with van der Waals surface area (Å²) in [7, 11) is 0. The van der Waals surface area contributed by atoms with E-state index >= 15 is 0 Å². The lowest BCUT2D eigenvalue weighted by molar-refractivity contribution is -0.138. The number of rotatable bonds is 32. The van der Waals surface area contributed by atoms with Crippen molar-refractivity contribution in [2.75, 3.05) is 26.4 Å². The summed E-state index contributed by atoms with van der Waals surface area (Å²) in [5.74, 6) is -2.67. The van der Waals surface area contributed by atoms with Gasteiger partial charge in [-0.3, -0.25) is 19.2 Å². The quantitative estimate of drug-likeness (QED) is 0.0299. The van der Waals surface area contributed by atoms with Gasteiger partial charge in [-0.05, 0) is 25.7 Å². The number of aliphatic hydroxyl groups is 4. The average molecular weight is 769 g/mol. The normalized spacial score (nSPS) is 10.3. The standard InChI is InChI=1S/2C10H20O2.2C8H16O2.C5H12O4/c2*1-2-3-4-5-6-7-8-9-10(11)12;2*1-2-3-4-5-6-7-8(9)10;6-1-5(2-7,3-8)4-9/h2*2-9H2,1H3,(H,11,12);2*2-7H2,1H3,(H,9,10);6-9H,1-4H2. The zero-order valence-corrected chi connectivity index (χ0v) is 34.3. The van der Waals surface area contributed by atoms with Crippen molar-refractivity contribution in [1.29, 1.82) is 0 Å². The Kier molecular flexibility index (Phi) is 58.7. The third kappa shape index (κ3) is 65.0. The first-order valence-corrected chi connectivity index (χ1v) is 20.6. The van der Waals surface area contributed by atoms with Crippen LogP contribution in [0.4, 0.5) is 0 Å².